The second kappa shape index (κ2) is 5.53. The number of nitrogens with zero attached hydrogens (tertiary/aromatic N) is 2. The van der Waals surface area contributed by atoms with Crippen LogP contribution in [0.5, 0.6) is 0 Å². The number of carbonyl (C=O) groups is 1. The molecule has 3 aromatic rings. The third kappa shape index (κ3) is 2.09. The van der Waals surface area contributed by atoms with Gasteiger partial charge in [-0.3, -0.25) is 14.8 Å². The summed E-state index contributed by atoms with van der Waals surface area (Å²) in [6.07, 6.45) is 5.99. The van der Waals surface area contributed by atoms with E-state index in [1.165, 1.54) is 6.42 Å². The van der Waals surface area contributed by atoms with Crippen molar-refractivity contribution in [2.45, 2.75) is 12.8 Å². The standard InChI is InChI=1S/C23H19N3O/c27-23-20-18-8-7-17(19(20)12-26-23)16(18)6-3-13-9-11-25-22-15(13)5-4-14-2-1-10-24-21(14)22/h1-2,4-5,9-11,16-20H,7-8,12H2,(H,26,27)/t16-,17-,18+,19+,20-/m0/s1. The molecule has 1 aliphatic heterocycles. The SMILES string of the molecule is O=C1NC[C@@H]2[C@H]3CC[C@H]([C@H]3C#Cc3ccnc4c3ccc3cccnc34)[C@H]12. The topological polar surface area (TPSA) is 54.9 Å². The minimum absolute atomic E-state index is 0.199. The van der Waals surface area contributed by atoms with E-state index in [-0.39, 0.29) is 11.8 Å². The average Bonchev–Trinajstić information content (AvgIpc) is 3.38. The smallest absolute Gasteiger partial charge is 0.223 e. The van der Waals surface area contributed by atoms with Crippen LogP contribution in [0.15, 0.2) is 42.7 Å². The van der Waals surface area contributed by atoms with Crippen LogP contribution in [0.2, 0.25) is 0 Å². The molecule has 1 saturated heterocycles. The highest BCUT2D eigenvalue weighted by Gasteiger charge is 2.58. The summed E-state index contributed by atoms with van der Waals surface area (Å²) in [6.45, 7) is 0.846. The second-order valence-corrected chi connectivity index (χ2v) is 8.03. The Balaban J connectivity index is 1.43. The fraction of sp³-hybridized carbons (Fsp3) is 0.348. The van der Waals surface area contributed by atoms with Crippen molar-refractivity contribution >= 4 is 27.7 Å². The minimum Gasteiger partial charge on any atom is -0.356 e. The van der Waals surface area contributed by atoms with E-state index in [0.29, 0.717) is 23.7 Å². The van der Waals surface area contributed by atoms with Crippen molar-refractivity contribution in [2.75, 3.05) is 6.54 Å². The number of fused-ring (bicyclic) bond motifs is 8. The molecule has 0 spiro atoms. The van der Waals surface area contributed by atoms with Crippen LogP contribution in [-0.2, 0) is 4.79 Å². The number of hydrogen-bond donors (Lipinski definition) is 1. The molecule has 3 aliphatic rings. The van der Waals surface area contributed by atoms with Gasteiger partial charge >= 0.3 is 0 Å². The van der Waals surface area contributed by atoms with Crippen molar-refractivity contribution in [3.63, 3.8) is 0 Å². The Kier molecular flexibility index (Phi) is 3.11. The molecule has 27 heavy (non-hydrogen) atoms. The Hall–Kier alpha value is -2.93. The lowest BCUT2D eigenvalue weighted by Gasteiger charge is -2.20. The van der Waals surface area contributed by atoms with Crippen LogP contribution < -0.4 is 5.32 Å². The number of pyridine rings is 2. The lowest BCUT2D eigenvalue weighted by atomic mass is 9.81. The van der Waals surface area contributed by atoms with Crippen molar-refractivity contribution in [1.29, 1.82) is 0 Å². The van der Waals surface area contributed by atoms with Gasteiger partial charge in [0.25, 0.3) is 0 Å². The van der Waals surface area contributed by atoms with E-state index in [2.05, 4.69) is 45.3 Å². The Morgan fingerprint density at radius 1 is 0.963 bits per heavy atom. The van der Waals surface area contributed by atoms with Crippen LogP contribution in [-0.4, -0.2) is 22.4 Å². The monoisotopic (exact) mass is 353 g/mol. The molecule has 5 atom stereocenters. The highest BCUT2D eigenvalue weighted by atomic mass is 16.2. The van der Waals surface area contributed by atoms with Gasteiger partial charge in [0.2, 0.25) is 5.91 Å². The van der Waals surface area contributed by atoms with Crippen LogP contribution in [0.3, 0.4) is 0 Å². The number of aromatic nitrogens is 2. The van der Waals surface area contributed by atoms with E-state index in [9.17, 15) is 4.79 Å². The first-order valence-electron chi connectivity index (χ1n) is 9.73. The summed E-state index contributed by atoms with van der Waals surface area (Å²) in [5.74, 6) is 9.34. The van der Waals surface area contributed by atoms with E-state index in [1.54, 1.807) is 0 Å². The average molecular weight is 353 g/mol. The summed E-state index contributed by atoms with van der Waals surface area (Å²) in [4.78, 5) is 21.3. The molecule has 2 bridgehead atoms. The van der Waals surface area contributed by atoms with Crippen LogP contribution in [0.4, 0.5) is 0 Å². The molecule has 4 nitrogen and oxygen atoms in total. The third-order valence-corrected chi connectivity index (χ3v) is 6.90. The van der Waals surface area contributed by atoms with Crippen molar-refractivity contribution in [3.8, 4) is 11.8 Å². The molecule has 2 saturated carbocycles. The third-order valence-electron chi connectivity index (χ3n) is 6.90. The second-order valence-electron chi connectivity index (χ2n) is 8.03. The molecule has 1 N–H and O–H groups in total. The summed E-state index contributed by atoms with van der Waals surface area (Å²) in [5.41, 5.74) is 2.84. The molecule has 4 heteroatoms. The van der Waals surface area contributed by atoms with Crippen molar-refractivity contribution in [2.24, 2.45) is 29.6 Å². The first kappa shape index (κ1) is 15.2. The van der Waals surface area contributed by atoms with E-state index in [0.717, 1.165) is 40.3 Å². The van der Waals surface area contributed by atoms with E-state index in [1.807, 2.05) is 24.5 Å². The van der Waals surface area contributed by atoms with Crippen LogP contribution in [0, 0.1) is 41.4 Å². The molecule has 1 aromatic carbocycles. The maximum absolute atomic E-state index is 12.2. The number of nitrogens with one attached hydrogen (secondary N) is 1. The zero-order chi connectivity index (χ0) is 18.0. The largest absolute Gasteiger partial charge is 0.356 e. The normalized spacial score (nSPS) is 31.0. The summed E-state index contributed by atoms with van der Waals surface area (Å²) in [7, 11) is 0. The molecule has 1 amide bonds. The summed E-state index contributed by atoms with van der Waals surface area (Å²) >= 11 is 0. The highest BCUT2D eigenvalue weighted by Crippen LogP contribution is 2.57. The molecular weight excluding hydrogens is 334 g/mol. The molecule has 3 heterocycles. The van der Waals surface area contributed by atoms with Crippen LogP contribution >= 0.6 is 0 Å². The quantitative estimate of drug-likeness (QED) is 0.499. The maximum Gasteiger partial charge on any atom is 0.223 e. The summed E-state index contributed by atoms with van der Waals surface area (Å²) in [6, 6.07) is 10.2. The van der Waals surface area contributed by atoms with Gasteiger partial charge in [-0.2, -0.15) is 0 Å². The van der Waals surface area contributed by atoms with Gasteiger partial charge in [0, 0.05) is 47.1 Å². The van der Waals surface area contributed by atoms with Crippen molar-refractivity contribution < 1.29 is 4.79 Å². The van der Waals surface area contributed by atoms with Gasteiger partial charge in [0.15, 0.2) is 0 Å². The molecular formula is C23H19N3O. The molecule has 0 radical (unpaired) electrons. The number of benzene rings is 1. The fourth-order valence-electron chi connectivity index (χ4n) is 5.77. The van der Waals surface area contributed by atoms with Crippen molar-refractivity contribution in [3.05, 3.63) is 48.3 Å². The van der Waals surface area contributed by atoms with Gasteiger partial charge in [-0.05, 0) is 42.7 Å². The summed E-state index contributed by atoms with van der Waals surface area (Å²) < 4.78 is 0. The molecule has 2 aliphatic carbocycles. The summed E-state index contributed by atoms with van der Waals surface area (Å²) in [5, 5.41) is 5.20. The molecule has 6 rings (SSSR count). The zero-order valence-electron chi connectivity index (χ0n) is 14.9. The molecule has 3 fully saturated rings. The minimum atomic E-state index is 0.199. The highest BCUT2D eigenvalue weighted by molar-refractivity contribution is 6.04. The first-order chi connectivity index (χ1) is 13.3. The number of rotatable bonds is 0. The number of hydrogen-bond acceptors (Lipinski definition) is 3. The van der Waals surface area contributed by atoms with E-state index < -0.39 is 0 Å². The molecule has 2 aromatic heterocycles. The molecule has 132 valence electrons. The lowest BCUT2D eigenvalue weighted by molar-refractivity contribution is -0.124. The fourth-order valence-corrected chi connectivity index (χ4v) is 5.77. The Morgan fingerprint density at radius 3 is 2.78 bits per heavy atom. The van der Waals surface area contributed by atoms with Gasteiger partial charge in [-0.25, -0.2) is 0 Å². The van der Waals surface area contributed by atoms with E-state index in [4.69, 9.17) is 0 Å². The van der Waals surface area contributed by atoms with Gasteiger partial charge in [-0.1, -0.05) is 30.0 Å². The Morgan fingerprint density at radius 2 is 1.85 bits per heavy atom. The van der Waals surface area contributed by atoms with E-state index >= 15 is 0 Å². The maximum atomic E-state index is 12.2. The van der Waals surface area contributed by atoms with Crippen LogP contribution in [0.1, 0.15) is 18.4 Å². The number of amides is 1. The van der Waals surface area contributed by atoms with Gasteiger partial charge < -0.3 is 5.32 Å². The van der Waals surface area contributed by atoms with Gasteiger partial charge in [0.05, 0.1) is 11.0 Å². The Bertz CT molecular complexity index is 1160. The Labute approximate surface area is 157 Å². The molecule has 0 unspecified atom stereocenters. The van der Waals surface area contributed by atoms with Gasteiger partial charge in [-0.15, -0.1) is 0 Å². The predicted molar refractivity (Wildman–Crippen MR) is 104 cm³/mol. The van der Waals surface area contributed by atoms with Gasteiger partial charge in [0.1, 0.15) is 0 Å². The van der Waals surface area contributed by atoms with Crippen LogP contribution in [0.25, 0.3) is 21.8 Å². The lowest BCUT2D eigenvalue weighted by Crippen LogP contribution is -2.25. The zero-order valence-corrected chi connectivity index (χ0v) is 14.9. The predicted octanol–water partition coefficient (Wildman–Crippen LogP) is 3.15. The number of carbonyl (C=O) groups excluding carboxylic acids is 1. The first-order valence-corrected chi connectivity index (χ1v) is 9.73. The van der Waals surface area contributed by atoms with Crippen molar-refractivity contribution in [1.82, 2.24) is 15.3 Å².